The molecule has 0 aliphatic carbocycles. The molecule has 2 rings (SSSR count). The number of nitrogens with zero attached hydrogens (tertiary/aromatic N) is 1. The minimum Gasteiger partial charge on any atom is -0.469 e. The molecular weight excluding hydrogens is 354 g/mol. The highest BCUT2D eigenvalue weighted by molar-refractivity contribution is 5.94. The maximum absolute atomic E-state index is 13.9. The Hall–Kier alpha value is -2.90. The quantitative estimate of drug-likeness (QED) is 0.445. The van der Waals surface area contributed by atoms with Crippen LogP contribution in [0.1, 0.15) is 22.3 Å². The van der Waals surface area contributed by atoms with E-state index in [4.69, 9.17) is 0 Å². The zero-order valence-electron chi connectivity index (χ0n) is 13.8. The Bertz CT molecular complexity index is 809. The van der Waals surface area contributed by atoms with Crippen molar-refractivity contribution in [1.29, 1.82) is 0 Å². The van der Waals surface area contributed by atoms with Crippen molar-refractivity contribution >= 4 is 11.9 Å². The summed E-state index contributed by atoms with van der Waals surface area (Å²) in [6, 6.07) is 6.64. The van der Waals surface area contributed by atoms with E-state index >= 15 is 0 Å². The monoisotopic (exact) mass is 369 g/mol. The molecule has 0 atom stereocenters. The zero-order chi connectivity index (χ0) is 19.3. The van der Waals surface area contributed by atoms with Crippen LogP contribution in [0.3, 0.4) is 0 Å². The molecule has 0 aromatic heterocycles. The number of esters is 1. The van der Waals surface area contributed by atoms with Gasteiger partial charge in [-0.15, -0.1) is 0 Å². The van der Waals surface area contributed by atoms with Crippen molar-refractivity contribution in [2.45, 2.75) is 13.0 Å². The van der Waals surface area contributed by atoms with Gasteiger partial charge in [0.05, 0.1) is 19.1 Å². The van der Waals surface area contributed by atoms with Gasteiger partial charge in [-0.3, -0.25) is 9.59 Å². The van der Waals surface area contributed by atoms with Crippen molar-refractivity contribution in [3.63, 3.8) is 0 Å². The number of carbonyl (C=O) groups excluding carboxylic acids is 2. The summed E-state index contributed by atoms with van der Waals surface area (Å²) in [6.07, 6.45) is -0.186. The fourth-order valence-electron chi connectivity index (χ4n) is 2.25. The third kappa shape index (κ3) is 4.59. The van der Waals surface area contributed by atoms with Crippen molar-refractivity contribution in [2.75, 3.05) is 13.7 Å². The van der Waals surface area contributed by atoms with Gasteiger partial charge >= 0.3 is 5.97 Å². The summed E-state index contributed by atoms with van der Waals surface area (Å²) in [4.78, 5) is 25.0. The van der Waals surface area contributed by atoms with E-state index in [9.17, 15) is 27.2 Å². The van der Waals surface area contributed by atoms with Crippen molar-refractivity contribution in [1.82, 2.24) is 4.90 Å². The number of hydrogen-bond donors (Lipinski definition) is 0. The average Bonchev–Trinajstić information content (AvgIpc) is 2.64. The van der Waals surface area contributed by atoms with Gasteiger partial charge in [0.2, 0.25) is 0 Å². The Balaban J connectivity index is 2.29. The number of ether oxygens (including phenoxy) is 1. The molecular formula is C18H15F4NO3. The van der Waals surface area contributed by atoms with Gasteiger partial charge in [-0.05, 0) is 29.8 Å². The Labute approximate surface area is 147 Å². The van der Waals surface area contributed by atoms with Crippen LogP contribution in [0, 0.1) is 23.3 Å². The third-order valence-electron chi connectivity index (χ3n) is 3.65. The molecule has 0 fully saturated rings. The molecule has 0 N–H and O–H groups in total. The lowest BCUT2D eigenvalue weighted by atomic mass is 10.1. The molecule has 0 spiro atoms. The van der Waals surface area contributed by atoms with Gasteiger partial charge in [0, 0.05) is 13.1 Å². The van der Waals surface area contributed by atoms with E-state index in [1.54, 1.807) is 0 Å². The minimum absolute atomic E-state index is 0.0887. The highest BCUT2D eigenvalue weighted by Gasteiger charge is 2.24. The van der Waals surface area contributed by atoms with Crippen molar-refractivity contribution in [3.05, 3.63) is 70.8 Å². The van der Waals surface area contributed by atoms with Crippen LogP contribution >= 0.6 is 0 Å². The summed E-state index contributed by atoms with van der Waals surface area (Å²) >= 11 is 0. The number of benzene rings is 2. The normalized spacial score (nSPS) is 10.5. The van der Waals surface area contributed by atoms with Crippen molar-refractivity contribution < 1.29 is 31.9 Å². The number of amides is 1. The first-order valence-corrected chi connectivity index (χ1v) is 7.57. The molecule has 0 saturated heterocycles. The predicted molar refractivity (Wildman–Crippen MR) is 84.1 cm³/mol. The third-order valence-corrected chi connectivity index (χ3v) is 3.65. The lowest BCUT2D eigenvalue weighted by molar-refractivity contribution is -0.140. The fourth-order valence-corrected chi connectivity index (χ4v) is 2.25. The molecule has 0 unspecified atom stereocenters. The summed E-state index contributed by atoms with van der Waals surface area (Å²) in [6.45, 7) is -0.240. The highest BCUT2D eigenvalue weighted by atomic mass is 19.2. The van der Waals surface area contributed by atoms with Crippen molar-refractivity contribution in [2.24, 2.45) is 0 Å². The average molecular weight is 369 g/mol. The largest absolute Gasteiger partial charge is 0.469 e. The molecule has 8 heteroatoms. The van der Waals surface area contributed by atoms with Gasteiger partial charge in [0.1, 0.15) is 5.82 Å². The molecule has 0 radical (unpaired) electrons. The van der Waals surface area contributed by atoms with Gasteiger partial charge in [-0.1, -0.05) is 12.1 Å². The number of carbonyl (C=O) groups is 2. The van der Waals surface area contributed by atoms with Gasteiger partial charge in [-0.2, -0.15) is 0 Å². The van der Waals surface area contributed by atoms with Crippen LogP contribution in [-0.2, 0) is 16.1 Å². The van der Waals surface area contributed by atoms with Crippen LogP contribution in [0.4, 0.5) is 17.6 Å². The van der Waals surface area contributed by atoms with Crippen LogP contribution in [0.2, 0.25) is 0 Å². The highest BCUT2D eigenvalue weighted by Crippen LogP contribution is 2.19. The standard InChI is InChI=1S/C18H15F4NO3/c1-26-15(24)8-9-23(10-11-2-4-12(19)5-3-11)18(25)13-6-7-14(20)17(22)16(13)21/h2-7H,8-10H2,1H3. The number of halogens is 4. The second-order valence-electron chi connectivity index (χ2n) is 5.40. The molecule has 26 heavy (non-hydrogen) atoms. The minimum atomic E-state index is -1.76. The van der Waals surface area contributed by atoms with E-state index in [0.717, 1.165) is 11.0 Å². The van der Waals surface area contributed by atoms with E-state index < -0.39 is 40.7 Å². The lowest BCUT2D eigenvalue weighted by Crippen LogP contribution is -2.33. The van der Waals surface area contributed by atoms with Crippen molar-refractivity contribution in [3.8, 4) is 0 Å². The first-order valence-electron chi connectivity index (χ1n) is 7.57. The Morgan fingerprint density at radius 2 is 1.62 bits per heavy atom. The lowest BCUT2D eigenvalue weighted by Gasteiger charge is -2.23. The van der Waals surface area contributed by atoms with Crippen LogP contribution < -0.4 is 0 Å². The second kappa shape index (κ2) is 8.46. The van der Waals surface area contributed by atoms with Gasteiger partial charge in [0.25, 0.3) is 5.91 Å². The second-order valence-corrected chi connectivity index (χ2v) is 5.40. The maximum atomic E-state index is 13.9. The number of rotatable bonds is 6. The van der Waals surface area contributed by atoms with E-state index in [2.05, 4.69) is 4.74 Å². The molecule has 0 bridgehead atoms. The predicted octanol–water partition coefficient (Wildman–Crippen LogP) is 3.45. The SMILES string of the molecule is COC(=O)CCN(Cc1ccc(F)cc1)C(=O)c1ccc(F)c(F)c1F. The Morgan fingerprint density at radius 3 is 2.23 bits per heavy atom. The molecule has 1 amide bonds. The van der Waals surface area contributed by atoms with Crippen LogP contribution in [-0.4, -0.2) is 30.4 Å². The molecule has 138 valence electrons. The van der Waals surface area contributed by atoms with Crippen LogP contribution in [0.15, 0.2) is 36.4 Å². The van der Waals surface area contributed by atoms with E-state index in [0.29, 0.717) is 11.6 Å². The van der Waals surface area contributed by atoms with E-state index in [1.807, 2.05) is 0 Å². The van der Waals surface area contributed by atoms with E-state index in [-0.39, 0.29) is 19.5 Å². The Kier molecular flexibility index (Phi) is 6.32. The fraction of sp³-hybridized carbons (Fsp3) is 0.222. The molecule has 0 aliphatic heterocycles. The smallest absolute Gasteiger partial charge is 0.307 e. The number of hydrogen-bond acceptors (Lipinski definition) is 3. The molecule has 2 aromatic rings. The summed E-state index contributed by atoms with van der Waals surface area (Å²) in [7, 11) is 1.17. The molecule has 4 nitrogen and oxygen atoms in total. The summed E-state index contributed by atoms with van der Waals surface area (Å²) in [5.41, 5.74) is -0.163. The summed E-state index contributed by atoms with van der Waals surface area (Å²) in [5, 5.41) is 0. The molecule has 0 heterocycles. The van der Waals surface area contributed by atoms with Gasteiger partial charge in [0.15, 0.2) is 17.5 Å². The first-order chi connectivity index (χ1) is 12.3. The molecule has 0 aliphatic rings. The molecule has 2 aromatic carbocycles. The maximum Gasteiger partial charge on any atom is 0.307 e. The zero-order valence-corrected chi connectivity index (χ0v) is 13.8. The van der Waals surface area contributed by atoms with Crippen LogP contribution in [0.5, 0.6) is 0 Å². The van der Waals surface area contributed by atoms with Gasteiger partial charge in [-0.25, -0.2) is 17.6 Å². The topological polar surface area (TPSA) is 46.6 Å². The molecule has 0 saturated carbocycles. The summed E-state index contributed by atoms with van der Waals surface area (Å²) in [5.74, 6) is -6.81. The number of methoxy groups -OCH3 is 1. The van der Waals surface area contributed by atoms with Crippen LogP contribution in [0.25, 0.3) is 0 Å². The Morgan fingerprint density at radius 1 is 0.962 bits per heavy atom. The first kappa shape index (κ1) is 19.4. The summed E-state index contributed by atoms with van der Waals surface area (Å²) < 4.78 is 57.9. The van der Waals surface area contributed by atoms with E-state index in [1.165, 1.54) is 31.4 Å². The van der Waals surface area contributed by atoms with Gasteiger partial charge < -0.3 is 9.64 Å².